The summed E-state index contributed by atoms with van der Waals surface area (Å²) in [6.07, 6.45) is -39.1. The summed E-state index contributed by atoms with van der Waals surface area (Å²) in [5, 5.41) is 20.3. The second-order valence-corrected chi connectivity index (χ2v) is 24.1. The lowest BCUT2D eigenvalue weighted by Gasteiger charge is -2.51. The van der Waals surface area contributed by atoms with Gasteiger partial charge in [-0.2, -0.15) is 0 Å². The summed E-state index contributed by atoms with van der Waals surface area (Å²) in [6, 6.07) is 26.7. The Hall–Kier alpha value is -10.6. The minimum atomic E-state index is -2.40. The van der Waals surface area contributed by atoms with Gasteiger partial charge in [-0.3, -0.25) is 33.6 Å². The van der Waals surface area contributed by atoms with Gasteiger partial charge in [-0.15, -0.1) is 0 Å². The molecular weight excluding hydrogens is 1420 g/mol. The molecule has 4 saturated heterocycles. The first-order valence-corrected chi connectivity index (χ1v) is 33.2. The maximum Gasteiger partial charge on any atom is 0.407 e. The number of alkyl carbamates (subject to hydrolysis) is 1. The van der Waals surface area contributed by atoms with Crippen LogP contribution in [0.5, 0.6) is 0 Å². The molecule has 8 rings (SSSR count). The highest BCUT2D eigenvalue weighted by molar-refractivity contribution is 5.91. The van der Waals surface area contributed by atoms with Gasteiger partial charge in [0.25, 0.3) is 0 Å². The Morgan fingerprint density at radius 3 is 1.31 bits per heavy atom. The number of ether oxygens (including phenoxy) is 19. The molecule has 4 heterocycles. The zero-order valence-corrected chi connectivity index (χ0v) is 59.1. The molecule has 4 N–H and O–H groups in total. The number of benzene rings is 4. The Morgan fingerprint density at radius 1 is 0.393 bits per heavy atom. The van der Waals surface area contributed by atoms with Crippen molar-refractivity contribution in [2.45, 2.75) is 178 Å². The first-order valence-electron chi connectivity index (χ1n) is 33.2. The van der Waals surface area contributed by atoms with E-state index in [1.807, 2.05) is 0 Å². The molecule has 578 valence electrons. The van der Waals surface area contributed by atoms with Crippen molar-refractivity contribution >= 4 is 77.6 Å². The molecule has 36 heteroatoms. The number of aliphatic hydroxyl groups excluding tert-OH is 1. The minimum Gasteiger partial charge on any atom is -0.467 e. The largest absolute Gasteiger partial charge is 0.467 e. The van der Waals surface area contributed by atoms with E-state index in [-0.39, 0.29) is 29.8 Å². The van der Waals surface area contributed by atoms with Crippen molar-refractivity contribution in [3.05, 3.63) is 144 Å². The molecule has 4 aliphatic heterocycles. The number of aliphatic hydroxyl groups is 1. The second kappa shape index (κ2) is 39.2. The highest BCUT2D eigenvalue weighted by Gasteiger charge is 2.62. The molecule has 0 spiro atoms. The quantitative estimate of drug-likeness (QED) is 0.0338. The Balaban J connectivity index is 1.28. The first-order chi connectivity index (χ1) is 51.1. The number of carbonyl (C=O) groups excluding carboxylic acids is 13. The summed E-state index contributed by atoms with van der Waals surface area (Å²) >= 11 is 0. The Bertz CT molecular complexity index is 3740. The number of rotatable bonds is 29. The van der Waals surface area contributed by atoms with Gasteiger partial charge in [0.05, 0.1) is 37.5 Å². The van der Waals surface area contributed by atoms with Crippen molar-refractivity contribution in [1.82, 2.24) is 16.0 Å². The fourth-order valence-electron chi connectivity index (χ4n) is 11.7. The highest BCUT2D eigenvalue weighted by Crippen LogP contribution is 2.40. The van der Waals surface area contributed by atoms with Gasteiger partial charge in [0.2, 0.25) is 11.8 Å². The number of esters is 10. The lowest BCUT2D eigenvalue weighted by molar-refractivity contribution is -0.369. The van der Waals surface area contributed by atoms with E-state index in [2.05, 4.69) is 16.0 Å². The van der Waals surface area contributed by atoms with Gasteiger partial charge in [-0.1, -0.05) is 84.9 Å². The molecule has 0 aliphatic carbocycles. The van der Waals surface area contributed by atoms with E-state index < -0.39 is 220 Å². The molecule has 4 fully saturated rings. The van der Waals surface area contributed by atoms with Crippen LogP contribution < -0.4 is 16.0 Å². The van der Waals surface area contributed by atoms with Crippen molar-refractivity contribution < 1.29 is 157 Å². The van der Waals surface area contributed by atoms with Gasteiger partial charge >= 0.3 is 65.8 Å². The zero-order chi connectivity index (χ0) is 77.6. The summed E-state index contributed by atoms with van der Waals surface area (Å²) in [5.41, 5.74) is 0.349. The van der Waals surface area contributed by atoms with Gasteiger partial charge < -0.3 is 111 Å². The van der Waals surface area contributed by atoms with Crippen LogP contribution >= 0.6 is 0 Å². The molecule has 36 nitrogen and oxygen atoms in total. The van der Waals surface area contributed by atoms with Crippen LogP contribution in [0.4, 0.5) is 4.79 Å². The molecule has 107 heavy (non-hydrogen) atoms. The maximum absolute atomic E-state index is 15.0. The second-order valence-electron chi connectivity index (χ2n) is 24.1. The van der Waals surface area contributed by atoms with Gasteiger partial charge in [0, 0.05) is 55.0 Å². The monoisotopic (exact) mass is 1500 g/mol. The van der Waals surface area contributed by atoms with E-state index in [0.29, 0.717) is 5.56 Å². The predicted molar refractivity (Wildman–Crippen MR) is 352 cm³/mol. The summed E-state index contributed by atoms with van der Waals surface area (Å²) in [6.45, 7) is 4.11. The van der Waals surface area contributed by atoms with Crippen molar-refractivity contribution in [2.24, 2.45) is 0 Å². The maximum atomic E-state index is 15.0. The van der Waals surface area contributed by atoms with Crippen LogP contribution in [0, 0.1) is 0 Å². The third-order valence-corrected chi connectivity index (χ3v) is 16.2. The number of carbonyl (C=O) groups is 13. The van der Waals surface area contributed by atoms with Crippen LogP contribution in [-0.4, -0.2) is 246 Å². The molecule has 3 amide bonds. The molecule has 4 aliphatic rings. The van der Waals surface area contributed by atoms with E-state index in [1.165, 1.54) is 60.7 Å². The number of hydrogen-bond donors (Lipinski definition) is 4. The average Bonchev–Trinajstić information content (AvgIpc) is 0.758. The number of nitrogens with one attached hydrogen (secondary N) is 3. The molecule has 4 aromatic carbocycles. The van der Waals surface area contributed by atoms with Gasteiger partial charge in [0.15, 0.2) is 74.0 Å². The van der Waals surface area contributed by atoms with E-state index in [1.54, 1.807) is 60.7 Å². The fourth-order valence-corrected chi connectivity index (χ4v) is 11.7. The van der Waals surface area contributed by atoms with Gasteiger partial charge in [-0.05, 0) is 42.0 Å². The first kappa shape index (κ1) is 82.1. The van der Waals surface area contributed by atoms with Crippen molar-refractivity contribution in [3.63, 3.8) is 0 Å². The molecule has 0 saturated carbocycles. The zero-order valence-electron chi connectivity index (χ0n) is 59.1. The van der Waals surface area contributed by atoms with E-state index in [0.717, 1.165) is 62.7 Å². The molecule has 0 aromatic heterocycles. The molecule has 0 bridgehead atoms. The summed E-state index contributed by atoms with van der Waals surface area (Å²) in [4.78, 5) is 177. The van der Waals surface area contributed by atoms with Gasteiger partial charge in [0.1, 0.15) is 68.5 Å². The van der Waals surface area contributed by atoms with Gasteiger partial charge in [-0.25, -0.2) is 28.8 Å². The van der Waals surface area contributed by atoms with E-state index >= 15 is 0 Å². The Kier molecular flexibility index (Phi) is 30.0. The average molecular weight is 1500 g/mol. The third-order valence-electron chi connectivity index (χ3n) is 16.2. The standard InChI is InChI=1S/C71H81N3O33/c1-35(75)73-48-52(50(82)46(33-93-62(83)43-24-16-11-17-25-43)99-67(48)91-31-30-72-71(88)94-32-42-22-14-10-15-23-42)103-70-61(102-64(85)45-28-20-13-21-29-45)57(101-63(84)44-26-18-12-19-27-44)55(59(107-70)66(87)90-9)105-68-49(74-36(2)76)53(51(95-38(4)78)47(100-68)34-92-37(3)77)104-69-60(98-41(7)81)56(97-40(6)80)54(96-39(5)79)58(106-69)65(86)89-8/h10-29,46-61,67-70,82H,30-34H2,1-9H3,(H,72,88)(H,73,75)(H,74,76)/t46-,47-,48-,49-,50+,51+,52-,53-,54+,55+,56+,57+,58+,59+,60-,61-,67-,68+,69-,70-/m1/s1. The van der Waals surface area contributed by atoms with Crippen LogP contribution in [-0.2, 0) is 140 Å². The van der Waals surface area contributed by atoms with Crippen LogP contribution in [0.3, 0.4) is 0 Å². The molecule has 20 atom stereocenters. The van der Waals surface area contributed by atoms with Crippen LogP contribution in [0.25, 0.3) is 0 Å². The molecular formula is C71H81N3O33. The smallest absolute Gasteiger partial charge is 0.407 e. The van der Waals surface area contributed by atoms with Crippen LogP contribution in [0.1, 0.15) is 85.1 Å². The van der Waals surface area contributed by atoms with E-state index in [4.69, 9.17) is 90.0 Å². The third kappa shape index (κ3) is 22.7. The lowest BCUT2D eigenvalue weighted by Crippen LogP contribution is -2.72. The van der Waals surface area contributed by atoms with Crippen LogP contribution in [0.2, 0.25) is 0 Å². The molecule has 0 unspecified atom stereocenters. The summed E-state index contributed by atoms with van der Waals surface area (Å²) < 4.78 is 114. The minimum absolute atomic E-state index is 0.0688. The van der Waals surface area contributed by atoms with E-state index in [9.17, 15) is 67.4 Å². The lowest BCUT2D eigenvalue weighted by atomic mass is 9.93. The number of amides is 3. The number of hydrogen-bond acceptors (Lipinski definition) is 33. The van der Waals surface area contributed by atoms with Crippen molar-refractivity contribution in [2.75, 3.05) is 40.6 Å². The van der Waals surface area contributed by atoms with Crippen molar-refractivity contribution in [1.29, 1.82) is 0 Å². The summed E-state index contributed by atoms with van der Waals surface area (Å²) in [7, 11) is 1.78. The normalized spacial score (nSPS) is 28.0. The molecule has 4 aromatic rings. The Labute approximate surface area is 610 Å². The van der Waals surface area contributed by atoms with Crippen molar-refractivity contribution in [3.8, 4) is 0 Å². The number of methoxy groups -OCH3 is 2. The predicted octanol–water partition coefficient (Wildman–Crippen LogP) is 1.30. The topological polar surface area (TPSA) is 454 Å². The van der Waals surface area contributed by atoms with Crippen LogP contribution in [0.15, 0.2) is 121 Å². The molecule has 0 radical (unpaired) electrons. The fraction of sp³-hybridized carbons (Fsp3) is 0.479. The Morgan fingerprint density at radius 2 is 0.804 bits per heavy atom. The summed E-state index contributed by atoms with van der Waals surface area (Å²) in [5.74, 6) is -13.3. The highest BCUT2D eigenvalue weighted by atomic mass is 16.8. The SMILES string of the molecule is COC(=O)[C@H]1O[C@@H](O[C@@H]2[C@@H](NC(C)=O)[C@H](O[C@H]3[C@H](OC(=O)c4ccccc4)[C@@H](OC(=O)c4ccccc4)[C@H](O[C@H]4[C@@H](O)[C@@H](COC(=O)c5ccccc5)O[C@@H](OCCNC(=O)OCc5ccccc5)[C@@H]4NC(C)=O)O[C@@H]3C(=O)OC)O[C@H](COC(C)=O)[C@@H]2OC(C)=O)[C@H](OC(C)=O)[C@@H](OC(C)=O)[C@@H]1OC(C)=O.